The van der Waals surface area contributed by atoms with Gasteiger partial charge in [-0.3, -0.25) is 0 Å². The second-order valence-electron chi connectivity index (χ2n) is 4.63. The highest BCUT2D eigenvalue weighted by molar-refractivity contribution is 8.00. The molecule has 13 heavy (non-hydrogen) atoms. The lowest BCUT2D eigenvalue weighted by molar-refractivity contribution is 0.201. The summed E-state index contributed by atoms with van der Waals surface area (Å²) in [6, 6.07) is 10.7. The Bertz CT molecular complexity index is 268. The quantitative estimate of drug-likeness (QED) is 0.683. The SMILES string of the molecule is CC1(C)CC(Sc2ccccc2)C1. The monoisotopic (exact) mass is 192 g/mol. The van der Waals surface area contributed by atoms with E-state index in [0.29, 0.717) is 5.41 Å². The van der Waals surface area contributed by atoms with Crippen LogP contribution in [0.1, 0.15) is 26.7 Å². The van der Waals surface area contributed by atoms with Crippen LogP contribution >= 0.6 is 11.8 Å². The molecule has 0 saturated heterocycles. The lowest BCUT2D eigenvalue weighted by Crippen LogP contribution is -2.33. The lowest BCUT2D eigenvalue weighted by atomic mass is 9.72. The van der Waals surface area contributed by atoms with Crippen LogP contribution in [0.2, 0.25) is 0 Å². The van der Waals surface area contributed by atoms with Gasteiger partial charge in [-0.05, 0) is 30.4 Å². The van der Waals surface area contributed by atoms with Crippen LogP contribution in [-0.2, 0) is 0 Å². The predicted molar refractivity (Wildman–Crippen MR) is 59.1 cm³/mol. The van der Waals surface area contributed by atoms with E-state index in [1.165, 1.54) is 17.7 Å². The Kier molecular flexibility index (Phi) is 2.37. The van der Waals surface area contributed by atoms with Gasteiger partial charge in [0.2, 0.25) is 0 Å². The fraction of sp³-hybridized carbons (Fsp3) is 0.500. The van der Waals surface area contributed by atoms with Crippen molar-refractivity contribution < 1.29 is 0 Å². The predicted octanol–water partition coefficient (Wildman–Crippen LogP) is 3.97. The van der Waals surface area contributed by atoms with Gasteiger partial charge in [0.15, 0.2) is 0 Å². The van der Waals surface area contributed by atoms with E-state index < -0.39 is 0 Å². The van der Waals surface area contributed by atoms with E-state index >= 15 is 0 Å². The number of hydrogen-bond donors (Lipinski definition) is 0. The average Bonchev–Trinajstić information content (AvgIpc) is 2.03. The summed E-state index contributed by atoms with van der Waals surface area (Å²) < 4.78 is 0. The number of rotatable bonds is 2. The Morgan fingerprint density at radius 2 is 1.77 bits per heavy atom. The normalized spacial score (nSPS) is 21.1. The van der Waals surface area contributed by atoms with Gasteiger partial charge in [-0.25, -0.2) is 0 Å². The van der Waals surface area contributed by atoms with E-state index in [2.05, 4.69) is 44.2 Å². The zero-order valence-corrected chi connectivity index (χ0v) is 9.10. The summed E-state index contributed by atoms with van der Waals surface area (Å²) in [6.45, 7) is 4.71. The molecule has 0 radical (unpaired) electrons. The Hall–Kier alpha value is -0.430. The molecule has 0 aromatic heterocycles. The highest BCUT2D eigenvalue weighted by Gasteiger charge is 2.36. The van der Waals surface area contributed by atoms with E-state index in [1.807, 2.05) is 11.8 Å². The molecule has 1 aromatic carbocycles. The fourth-order valence-electron chi connectivity index (χ4n) is 1.95. The van der Waals surface area contributed by atoms with Gasteiger partial charge in [0.25, 0.3) is 0 Å². The van der Waals surface area contributed by atoms with Crippen molar-refractivity contribution in [2.45, 2.75) is 36.8 Å². The Labute approximate surface area is 84.7 Å². The Morgan fingerprint density at radius 3 is 2.31 bits per heavy atom. The molecular formula is C12H16S. The Morgan fingerprint density at radius 1 is 1.15 bits per heavy atom. The molecule has 0 spiro atoms. The van der Waals surface area contributed by atoms with Crippen molar-refractivity contribution in [2.24, 2.45) is 5.41 Å². The van der Waals surface area contributed by atoms with Crippen molar-refractivity contribution in [1.82, 2.24) is 0 Å². The molecule has 0 bridgehead atoms. The zero-order valence-electron chi connectivity index (χ0n) is 8.29. The molecule has 0 nitrogen and oxygen atoms in total. The van der Waals surface area contributed by atoms with Gasteiger partial charge in [-0.2, -0.15) is 0 Å². The average molecular weight is 192 g/mol. The molecule has 1 aromatic rings. The molecule has 1 aliphatic carbocycles. The van der Waals surface area contributed by atoms with Crippen LogP contribution in [0, 0.1) is 5.41 Å². The summed E-state index contributed by atoms with van der Waals surface area (Å²) in [4.78, 5) is 1.42. The van der Waals surface area contributed by atoms with Crippen molar-refractivity contribution >= 4 is 11.8 Å². The lowest BCUT2D eigenvalue weighted by Gasteiger charge is -2.42. The highest BCUT2D eigenvalue weighted by atomic mass is 32.2. The molecule has 0 heterocycles. The van der Waals surface area contributed by atoms with E-state index in [0.717, 1.165) is 5.25 Å². The molecule has 70 valence electrons. The van der Waals surface area contributed by atoms with Crippen LogP contribution in [0.15, 0.2) is 35.2 Å². The maximum absolute atomic E-state index is 2.36. The molecule has 1 saturated carbocycles. The Balaban J connectivity index is 1.88. The molecule has 0 N–H and O–H groups in total. The summed E-state index contributed by atoms with van der Waals surface area (Å²) in [6.07, 6.45) is 2.74. The van der Waals surface area contributed by atoms with Crippen molar-refractivity contribution in [3.05, 3.63) is 30.3 Å². The van der Waals surface area contributed by atoms with E-state index in [4.69, 9.17) is 0 Å². The van der Waals surface area contributed by atoms with Crippen LogP contribution in [0.4, 0.5) is 0 Å². The third kappa shape index (κ3) is 2.28. The first kappa shape index (κ1) is 9.14. The third-order valence-corrected chi connectivity index (χ3v) is 3.82. The summed E-state index contributed by atoms with van der Waals surface area (Å²) in [7, 11) is 0. The minimum atomic E-state index is 0.604. The van der Waals surface area contributed by atoms with Crippen molar-refractivity contribution in [1.29, 1.82) is 0 Å². The molecule has 0 amide bonds. The molecule has 2 rings (SSSR count). The molecule has 0 aliphatic heterocycles. The standard InChI is InChI=1S/C12H16S/c1-12(2)8-11(9-12)13-10-6-4-3-5-7-10/h3-7,11H,8-9H2,1-2H3. The molecule has 1 heteroatoms. The van der Waals surface area contributed by atoms with Crippen molar-refractivity contribution in [2.75, 3.05) is 0 Å². The van der Waals surface area contributed by atoms with Crippen LogP contribution in [0.3, 0.4) is 0 Å². The zero-order chi connectivity index (χ0) is 9.31. The largest absolute Gasteiger partial charge is 0.123 e. The van der Waals surface area contributed by atoms with Gasteiger partial charge in [0.1, 0.15) is 0 Å². The molecular weight excluding hydrogens is 176 g/mol. The van der Waals surface area contributed by atoms with E-state index in [1.54, 1.807) is 0 Å². The first-order valence-electron chi connectivity index (χ1n) is 4.87. The number of hydrogen-bond acceptors (Lipinski definition) is 1. The minimum Gasteiger partial charge on any atom is -0.123 e. The van der Waals surface area contributed by atoms with Gasteiger partial charge in [0.05, 0.1) is 0 Å². The highest BCUT2D eigenvalue weighted by Crippen LogP contribution is 2.48. The van der Waals surface area contributed by atoms with E-state index in [9.17, 15) is 0 Å². The van der Waals surface area contributed by atoms with Gasteiger partial charge in [-0.1, -0.05) is 32.0 Å². The third-order valence-electron chi connectivity index (χ3n) is 2.61. The summed E-state index contributed by atoms with van der Waals surface area (Å²) >= 11 is 2.03. The van der Waals surface area contributed by atoms with Gasteiger partial charge >= 0.3 is 0 Å². The fourth-order valence-corrected chi connectivity index (χ4v) is 3.72. The van der Waals surface area contributed by atoms with Crippen LogP contribution < -0.4 is 0 Å². The molecule has 0 atom stereocenters. The second kappa shape index (κ2) is 3.38. The molecule has 1 fully saturated rings. The first-order valence-corrected chi connectivity index (χ1v) is 5.75. The van der Waals surface area contributed by atoms with Crippen molar-refractivity contribution in [3.63, 3.8) is 0 Å². The minimum absolute atomic E-state index is 0.604. The van der Waals surface area contributed by atoms with Gasteiger partial charge in [-0.15, -0.1) is 11.8 Å². The summed E-state index contributed by atoms with van der Waals surface area (Å²) in [5, 5.41) is 0.859. The first-order chi connectivity index (χ1) is 6.16. The molecule has 0 unspecified atom stereocenters. The summed E-state index contributed by atoms with van der Waals surface area (Å²) in [5.41, 5.74) is 0.604. The van der Waals surface area contributed by atoms with Crippen LogP contribution in [0.5, 0.6) is 0 Å². The number of benzene rings is 1. The van der Waals surface area contributed by atoms with Crippen LogP contribution in [-0.4, -0.2) is 5.25 Å². The smallest absolute Gasteiger partial charge is 0.0105 e. The molecule has 1 aliphatic rings. The van der Waals surface area contributed by atoms with Crippen molar-refractivity contribution in [3.8, 4) is 0 Å². The van der Waals surface area contributed by atoms with Gasteiger partial charge < -0.3 is 0 Å². The number of thioether (sulfide) groups is 1. The van der Waals surface area contributed by atoms with Crippen LogP contribution in [0.25, 0.3) is 0 Å². The maximum atomic E-state index is 2.36. The summed E-state index contributed by atoms with van der Waals surface area (Å²) in [5.74, 6) is 0. The van der Waals surface area contributed by atoms with E-state index in [-0.39, 0.29) is 0 Å². The second-order valence-corrected chi connectivity index (χ2v) is 6.00. The maximum Gasteiger partial charge on any atom is 0.0105 e. The van der Waals surface area contributed by atoms with Gasteiger partial charge in [0, 0.05) is 10.1 Å². The topological polar surface area (TPSA) is 0 Å².